The Balaban J connectivity index is 1.91. The van der Waals surface area contributed by atoms with Crippen molar-refractivity contribution in [1.82, 2.24) is 5.32 Å². The Morgan fingerprint density at radius 3 is 2.76 bits per heavy atom. The molecule has 0 aromatic heterocycles. The Kier molecular flexibility index (Phi) is 5.75. The van der Waals surface area contributed by atoms with Gasteiger partial charge in [-0.1, -0.05) is 30.3 Å². The maximum atomic E-state index is 12.1. The molecule has 0 bridgehead atoms. The van der Waals surface area contributed by atoms with Crippen LogP contribution in [0, 0.1) is 5.92 Å². The van der Waals surface area contributed by atoms with E-state index in [1.54, 1.807) is 0 Å². The highest BCUT2D eigenvalue weighted by atomic mass is 16.5. The van der Waals surface area contributed by atoms with Crippen molar-refractivity contribution in [3.8, 4) is 0 Å². The molecule has 5 heteroatoms. The van der Waals surface area contributed by atoms with Crippen molar-refractivity contribution in [2.45, 2.75) is 25.3 Å². The summed E-state index contributed by atoms with van der Waals surface area (Å²) in [4.78, 5) is 23.9. The van der Waals surface area contributed by atoms with Gasteiger partial charge in [-0.2, -0.15) is 0 Å². The lowest BCUT2D eigenvalue weighted by atomic mass is 10.0. The number of amides is 1. The normalized spacial score (nSPS) is 19.0. The zero-order valence-corrected chi connectivity index (χ0v) is 12.2. The third kappa shape index (κ3) is 4.56. The molecule has 0 unspecified atom stereocenters. The van der Waals surface area contributed by atoms with Crippen LogP contribution in [0.1, 0.15) is 18.4 Å². The van der Waals surface area contributed by atoms with Gasteiger partial charge in [0.25, 0.3) is 0 Å². The van der Waals surface area contributed by atoms with E-state index >= 15 is 0 Å². The molecule has 1 aliphatic rings. The summed E-state index contributed by atoms with van der Waals surface area (Å²) >= 11 is 0. The van der Waals surface area contributed by atoms with E-state index in [1.165, 1.54) is 7.11 Å². The number of aryl methyl sites for hydroxylation is 1. The zero-order chi connectivity index (χ0) is 15.1. The van der Waals surface area contributed by atoms with Crippen LogP contribution in [0.25, 0.3) is 0 Å². The molecule has 2 atom stereocenters. The van der Waals surface area contributed by atoms with Crippen LogP contribution >= 0.6 is 0 Å². The smallest absolute Gasteiger partial charge is 0.328 e. The number of benzene rings is 1. The van der Waals surface area contributed by atoms with E-state index in [0.717, 1.165) is 5.56 Å². The van der Waals surface area contributed by atoms with Crippen molar-refractivity contribution >= 4 is 11.9 Å². The van der Waals surface area contributed by atoms with Crippen molar-refractivity contribution in [3.05, 3.63) is 35.9 Å². The van der Waals surface area contributed by atoms with E-state index in [4.69, 9.17) is 9.47 Å². The lowest BCUT2D eigenvalue weighted by molar-refractivity contribution is -0.145. The first-order chi connectivity index (χ1) is 10.2. The molecule has 1 heterocycles. The highest BCUT2D eigenvalue weighted by Crippen LogP contribution is 2.13. The fourth-order valence-electron chi connectivity index (χ4n) is 2.38. The SMILES string of the molecule is COC(=O)[C@@H](CCc1ccccc1)NC(=O)[C@H]1CCOC1. The van der Waals surface area contributed by atoms with Gasteiger partial charge in [0.1, 0.15) is 6.04 Å². The molecule has 1 aliphatic heterocycles. The topological polar surface area (TPSA) is 64.6 Å². The van der Waals surface area contributed by atoms with Crippen LogP contribution in [-0.2, 0) is 25.5 Å². The van der Waals surface area contributed by atoms with Crippen molar-refractivity contribution in [1.29, 1.82) is 0 Å². The minimum Gasteiger partial charge on any atom is -0.467 e. The molecular formula is C16H21NO4. The highest BCUT2D eigenvalue weighted by Gasteiger charge is 2.28. The third-order valence-electron chi connectivity index (χ3n) is 3.67. The molecule has 2 rings (SSSR count). The Labute approximate surface area is 124 Å². The number of carbonyl (C=O) groups excluding carboxylic acids is 2. The van der Waals surface area contributed by atoms with E-state index in [9.17, 15) is 9.59 Å². The van der Waals surface area contributed by atoms with E-state index < -0.39 is 12.0 Å². The summed E-state index contributed by atoms with van der Waals surface area (Å²) in [5, 5.41) is 2.79. The van der Waals surface area contributed by atoms with Crippen LogP contribution in [0.15, 0.2) is 30.3 Å². The van der Waals surface area contributed by atoms with Crippen molar-refractivity contribution in [2.75, 3.05) is 20.3 Å². The van der Waals surface area contributed by atoms with Crippen LogP contribution in [0.5, 0.6) is 0 Å². The zero-order valence-electron chi connectivity index (χ0n) is 12.2. The number of carbonyl (C=O) groups is 2. The number of hydrogen-bond donors (Lipinski definition) is 1. The molecule has 1 fully saturated rings. The largest absolute Gasteiger partial charge is 0.467 e. The van der Waals surface area contributed by atoms with Gasteiger partial charge in [0.15, 0.2) is 0 Å². The van der Waals surface area contributed by atoms with Crippen LogP contribution in [0.2, 0.25) is 0 Å². The maximum absolute atomic E-state index is 12.1. The molecule has 0 radical (unpaired) electrons. The molecule has 0 saturated carbocycles. The lowest BCUT2D eigenvalue weighted by Gasteiger charge is -2.18. The number of nitrogens with one attached hydrogen (secondary N) is 1. The average molecular weight is 291 g/mol. The van der Waals surface area contributed by atoms with Gasteiger partial charge in [0, 0.05) is 6.61 Å². The summed E-state index contributed by atoms with van der Waals surface area (Å²) in [5.41, 5.74) is 1.13. The fraction of sp³-hybridized carbons (Fsp3) is 0.500. The maximum Gasteiger partial charge on any atom is 0.328 e. The van der Waals surface area contributed by atoms with Crippen LogP contribution in [0.3, 0.4) is 0 Å². The Morgan fingerprint density at radius 1 is 1.38 bits per heavy atom. The first kappa shape index (κ1) is 15.5. The van der Waals surface area contributed by atoms with Gasteiger partial charge < -0.3 is 14.8 Å². The van der Waals surface area contributed by atoms with Crippen molar-refractivity contribution in [3.63, 3.8) is 0 Å². The summed E-state index contributed by atoms with van der Waals surface area (Å²) in [6.07, 6.45) is 1.94. The first-order valence-corrected chi connectivity index (χ1v) is 7.20. The molecule has 0 spiro atoms. The molecule has 1 aromatic carbocycles. The third-order valence-corrected chi connectivity index (χ3v) is 3.67. The molecule has 1 amide bonds. The van der Waals surface area contributed by atoms with E-state index in [2.05, 4.69) is 5.32 Å². The predicted octanol–water partition coefficient (Wildman–Crippen LogP) is 1.31. The second-order valence-corrected chi connectivity index (χ2v) is 5.17. The summed E-state index contributed by atoms with van der Waals surface area (Å²) in [5.74, 6) is -0.692. The summed E-state index contributed by atoms with van der Waals surface area (Å²) in [6, 6.07) is 9.25. The number of ether oxygens (including phenoxy) is 2. The molecule has 1 aromatic rings. The number of methoxy groups -OCH3 is 1. The lowest BCUT2D eigenvalue weighted by Crippen LogP contribution is -2.44. The van der Waals surface area contributed by atoms with Gasteiger partial charge in [-0.25, -0.2) is 4.79 Å². The first-order valence-electron chi connectivity index (χ1n) is 7.20. The molecule has 1 saturated heterocycles. The Bertz CT molecular complexity index is 468. The minimum atomic E-state index is -0.608. The van der Waals surface area contributed by atoms with Gasteiger partial charge in [-0.05, 0) is 24.8 Å². The predicted molar refractivity (Wildman–Crippen MR) is 77.6 cm³/mol. The quantitative estimate of drug-likeness (QED) is 0.803. The minimum absolute atomic E-state index is 0.129. The van der Waals surface area contributed by atoms with E-state index in [-0.39, 0.29) is 11.8 Å². The van der Waals surface area contributed by atoms with E-state index in [1.807, 2.05) is 30.3 Å². The van der Waals surface area contributed by atoms with E-state index in [0.29, 0.717) is 32.5 Å². The van der Waals surface area contributed by atoms with Gasteiger partial charge in [-0.3, -0.25) is 4.79 Å². The Morgan fingerprint density at radius 2 is 2.14 bits per heavy atom. The fourth-order valence-corrected chi connectivity index (χ4v) is 2.38. The van der Waals surface area contributed by atoms with Gasteiger partial charge in [0.2, 0.25) is 5.91 Å². The summed E-state index contributed by atoms with van der Waals surface area (Å²) < 4.78 is 9.98. The van der Waals surface area contributed by atoms with Crippen molar-refractivity contribution in [2.24, 2.45) is 5.92 Å². The number of rotatable bonds is 6. The van der Waals surface area contributed by atoms with Crippen LogP contribution < -0.4 is 5.32 Å². The standard InChI is InChI=1S/C16H21NO4/c1-20-16(19)14(8-7-12-5-3-2-4-6-12)17-15(18)13-9-10-21-11-13/h2-6,13-14H,7-11H2,1H3,(H,17,18)/t13-,14+/m0/s1. The summed E-state index contributed by atoms with van der Waals surface area (Å²) in [6.45, 7) is 1.03. The second kappa shape index (κ2) is 7.78. The molecule has 0 aliphatic carbocycles. The average Bonchev–Trinajstić information content (AvgIpc) is 3.06. The second-order valence-electron chi connectivity index (χ2n) is 5.17. The van der Waals surface area contributed by atoms with Crippen LogP contribution in [0.4, 0.5) is 0 Å². The monoisotopic (exact) mass is 291 g/mol. The van der Waals surface area contributed by atoms with Crippen LogP contribution in [-0.4, -0.2) is 38.2 Å². The summed E-state index contributed by atoms with van der Waals surface area (Å²) in [7, 11) is 1.34. The van der Waals surface area contributed by atoms with Gasteiger partial charge >= 0.3 is 5.97 Å². The molecule has 21 heavy (non-hydrogen) atoms. The van der Waals surface area contributed by atoms with Gasteiger partial charge in [0.05, 0.1) is 19.6 Å². The molecule has 1 N–H and O–H groups in total. The number of hydrogen-bond acceptors (Lipinski definition) is 4. The number of esters is 1. The van der Waals surface area contributed by atoms with Crippen molar-refractivity contribution < 1.29 is 19.1 Å². The highest BCUT2D eigenvalue weighted by molar-refractivity contribution is 5.85. The molecule has 114 valence electrons. The molecule has 5 nitrogen and oxygen atoms in total. The van der Waals surface area contributed by atoms with Gasteiger partial charge in [-0.15, -0.1) is 0 Å². The molecular weight excluding hydrogens is 270 g/mol. The Hall–Kier alpha value is -1.88.